The van der Waals surface area contributed by atoms with Gasteiger partial charge in [0.05, 0.1) is 4.90 Å². The molecule has 2 aromatic carbocycles. The number of hydrogen-bond acceptors (Lipinski definition) is 3. The Morgan fingerprint density at radius 3 is 2.48 bits per heavy atom. The van der Waals surface area contributed by atoms with Gasteiger partial charge in [0.1, 0.15) is 0 Å². The molecular weight excluding hydrogens is 284 g/mol. The van der Waals surface area contributed by atoms with Gasteiger partial charge in [-0.3, -0.25) is 0 Å². The highest BCUT2D eigenvalue weighted by molar-refractivity contribution is 7.89. The lowest BCUT2D eigenvalue weighted by Gasteiger charge is -2.26. The summed E-state index contributed by atoms with van der Waals surface area (Å²) in [6.45, 7) is 0.369. The van der Waals surface area contributed by atoms with Crippen molar-refractivity contribution in [2.24, 2.45) is 11.7 Å². The van der Waals surface area contributed by atoms with Gasteiger partial charge in [0.2, 0.25) is 10.0 Å². The summed E-state index contributed by atoms with van der Waals surface area (Å²) in [5, 5.41) is 1.97. The Hall–Kier alpha value is -1.43. The van der Waals surface area contributed by atoms with Crippen LogP contribution in [0.4, 0.5) is 0 Å². The van der Waals surface area contributed by atoms with E-state index in [1.807, 2.05) is 30.3 Å². The van der Waals surface area contributed by atoms with E-state index in [-0.39, 0.29) is 6.04 Å². The van der Waals surface area contributed by atoms with Gasteiger partial charge in [-0.1, -0.05) is 30.3 Å². The number of nitrogens with two attached hydrogens (primary N) is 1. The van der Waals surface area contributed by atoms with Crippen LogP contribution in [0.1, 0.15) is 12.8 Å². The molecule has 1 atom stereocenters. The molecule has 0 radical (unpaired) electrons. The summed E-state index contributed by atoms with van der Waals surface area (Å²) in [7, 11) is -1.85. The second kappa shape index (κ2) is 5.40. The predicted molar refractivity (Wildman–Crippen MR) is 84.5 cm³/mol. The summed E-state index contributed by atoms with van der Waals surface area (Å²) in [5.41, 5.74) is 5.77. The van der Waals surface area contributed by atoms with Crippen LogP contribution in [0.5, 0.6) is 0 Å². The van der Waals surface area contributed by atoms with Crippen LogP contribution in [0.3, 0.4) is 0 Å². The van der Waals surface area contributed by atoms with Crippen molar-refractivity contribution in [3.05, 3.63) is 42.5 Å². The van der Waals surface area contributed by atoms with Gasteiger partial charge in [0.25, 0.3) is 0 Å². The summed E-state index contributed by atoms with van der Waals surface area (Å²) in [6, 6.07) is 12.9. The van der Waals surface area contributed by atoms with E-state index < -0.39 is 10.0 Å². The van der Waals surface area contributed by atoms with E-state index in [1.54, 1.807) is 19.2 Å². The first kappa shape index (κ1) is 14.5. The van der Waals surface area contributed by atoms with Crippen molar-refractivity contribution in [1.29, 1.82) is 0 Å². The molecule has 1 unspecified atom stereocenters. The minimum Gasteiger partial charge on any atom is -0.329 e. The highest BCUT2D eigenvalue weighted by Gasteiger charge is 2.38. The summed E-state index contributed by atoms with van der Waals surface area (Å²) < 4.78 is 27.0. The number of sulfonamides is 1. The molecule has 0 heterocycles. The number of rotatable bonds is 5. The standard InChI is InChI=1S/C16H20N2O2S/c1-18(16(11-17)13-6-7-13)21(19,20)15-9-8-12-4-2-3-5-14(12)10-15/h2-5,8-10,13,16H,6-7,11,17H2,1H3. The monoisotopic (exact) mass is 304 g/mol. The molecule has 0 saturated heterocycles. The van der Waals surface area contributed by atoms with E-state index >= 15 is 0 Å². The third-order valence-electron chi connectivity index (χ3n) is 4.27. The quantitative estimate of drug-likeness (QED) is 0.921. The van der Waals surface area contributed by atoms with Crippen molar-refractivity contribution in [1.82, 2.24) is 4.31 Å². The number of fused-ring (bicyclic) bond motifs is 1. The minimum atomic E-state index is -3.49. The highest BCUT2D eigenvalue weighted by atomic mass is 32.2. The van der Waals surface area contributed by atoms with E-state index in [2.05, 4.69) is 0 Å². The van der Waals surface area contributed by atoms with Crippen molar-refractivity contribution in [2.75, 3.05) is 13.6 Å². The largest absolute Gasteiger partial charge is 0.329 e. The normalized spacial score (nSPS) is 17.3. The van der Waals surface area contributed by atoms with Crippen molar-refractivity contribution in [3.63, 3.8) is 0 Å². The fourth-order valence-corrected chi connectivity index (χ4v) is 4.25. The molecule has 0 spiro atoms. The van der Waals surface area contributed by atoms with Crippen molar-refractivity contribution in [3.8, 4) is 0 Å². The maximum atomic E-state index is 12.8. The maximum Gasteiger partial charge on any atom is 0.243 e. The van der Waals surface area contributed by atoms with Crippen LogP contribution in [-0.4, -0.2) is 32.4 Å². The molecular formula is C16H20N2O2S. The first-order valence-corrected chi connectivity index (χ1v) is 8.65. The Bertz CT molecular complexity index is 754. The van der Waals surface area contributed by atoms with Gasteiger partial charge in [-0.2, -0.15) is 4.31 Å². The Kier molecular flexibility index (Phi) is 3.73. The zero-order valence-electron chi connectivity index (χ0n) is 12.1. The maximum absolute atomic E-state index is 12.8. The smallest absolute Gasteiger partial charge is 0.243 e. The molecule has 5 heteroatoms. The van der Waals surface area contributed by atoms with Crippen molar-refractivity contribution >= 4 is 20.8 Å². The van der Waals surface area contributed by atoms with Crippen LogP contribution in [0.25, 0.3) is 10.8 Å². The lowest BCUT2D eigenvalue weighted by atomic mass is 10.1. The molecule has 1 fully saturated rings. The van der Waals surface area contributed by atoms with Crippen LogP contribution in [0.15, 0.2) is 47.4 Å². The molecule has 21 heavy (non-hydrogen) atoms. The highest BCUT2D eigenvalue weighted by Crippen LogP contribution is 2.36. The number of benzene rings is 2. The van der Waals surface area contributed by atoms with Gasteiger partial charge in [0, 0.05) is 19.6 Å². The first-order chi connectivity index (χ1) is 10.0. The van der Waals surface area contributed by atoms with E-state index in [0.29, 0.717) is 17.4 Å². The Balaban J connectivity index is 1.98. The van der Waals surface area contributed by atoms with Gasteiger partial charge in [-0.05, 0) is 41.7 Å². The van der Waals surface area contributed by atoms with Crippen LogP contribution >= 0.6 is 0 Å². The lowest BCUT2D eigenvalue weighted by molar-refractivity contribution is 0.340. The molecule has 0 aliphatic heterocycles. The predicted octanol–water partition coefficient (Wildman–Crippen LogP) is 2.20. The summed E-state index contributed by atoms with van der Waals surface area (Å²) in [5.74, 6) is 0.412. The molecule has 2 N–H and O–H groups in total. The minimum absolute atomic E-state index is 0.0959. The van der Waals surface area contributed by atoms with E-state index in [1.165, 1.54) is 4.31 Å². The SMILES string of the molecule is CN(C(CN)C1CC1)S(=O)(=O)c1ccc2ccccc2c1. The average molecular weight is 304 g/mol. The Labute approximate surface area is 125 Å². The van der Waals surface area contributed by atoms with E-state index in [9.17, 15) is 8.42 Å². The number of likely N-dealkylation sites (N-methyl/N-ethyl adjacent to an activating group) is 1. The van der Waals surface area contributed by atoms with Gasteiger partial charge < -0.3 is 5.73 Å². The molecule has 2 aromatic rings. The molecule has 0 amide bonds. The number of hydrogen-bond donors (Lipinski definition) is 1. The topological polar surface area (TPSA) is 63.4 Å². The molecule has 1 saturated carbocycles. The molecule has 4 nitrogen and oxygen atoms in total. The first-order valence-electron chi connectivity index (χ1n) is 7.21. The van der Waals surface area contributed by atoms with E-state index in [4.69, 9.17) is 5.73 Å². The Morgan fingerprint density at radius 1 is 1.19 bits per heavy atom. The zero-order valence-corrected chi connectivity index (χ0v) is 12.9. The Morgan fingerprint density at radius 2 is 1.86 bits per heavy atom. The molecule has 1 aliphatic rings. The summed E-state index contributed by atoms with van der Waals surface area (Å²) >= 11 is 0. The molecule has 3 rings (SSSR count). The fourth-order valence-electron chi connectivity index (χ4n) is 2.79. The third kappa shape index (κ3) is 2.69. The van der Waals surface area contributed by atoms with Crippen molar-refractivity contribution < 1.29 is 8.42 Å². The third-order valence-corrected chi connectivity index (χ3v) is 6.15. The van der Waals surface area contributed by atoms with Crippen LogP contribution < -0.4 is 5.73 Å². The average Bonchev–Trinajstić information content (AvgIpc) is 3.32. The fraction of sp³-hybridized carbons (Fsp3) is 0.375. The summed E-state index contributed by atoms with van der Waals surface area (Å²) in [4.78, 5) is 0.336. The zero-order chi connectivity index (χ0) is 15.0. The van der Waals surface area contributed by atoms with Gasteiger partial charge >= 0.3 is 0 Å². The molecule has 0 aromatic heterocycles. The number of nitrogens with zero attached hydrogens (tertiary/aromatic N) is 1. The van der Waals surface area contributed by atoms with Crippen molar-refractivity contribution in [2.45, 2.75) is 23.8 Å². The van der Waals surface area contributed by atoms with Gasteiger partial charge in [-0.15, -0.1) is 0 Å². The molecule has 0 bridgehead atoms. The molecule has 112 valence electrons. The van der Waals surface area contributed by atoms with Crippen LogP contribution in [0.2, 0.25) is 0 Å². The van der Waals surface area contributed by atoms with E-state index in [0.717, 1.165) is 23.6 Å². The van der Waals surface area contributed by atoms with Gasteiger partial charge in [0.15, 0.2) is 0 Å². The second-order valence-electron chi connectivity index (χ2n) is 5.67. The lowest BCUT2D eigenvalue weighted by Crippen LogP contribution is -2.43. The summed E-state index contributed by atoms with van der Waals surface area (Å²) in [6.07, 6.45) is 2.14. The second-order valence-corrected chi connectivity index (χ2v) is 7.67. The van der Waals surface area contributed by atoms with Crippen LogP contribution in [0, 0.1) is 5.92 Å². The van der Waals surface area contributed by atoms with Crippen LogP contribution in [-0.2, 0) is 10.0 Å². The van der Waals surface area contributed by atoms with Gasteiger partial charge in [-0.25, -0.2) is 8.42 Å². The molecule has 1 aliphatic carbocycles.